The number of rotatable bonds is 6. The SMILES string of the molecule is CC(C)CN(C)c1ccncc1CNC1CC1. The summed E-state index contributed by atoms with van der Waals surface area (Å²) in [6.45, 7) is 6.52. The Bertz CT molecular complexity index is 358. The monoisotopic (exact) mass is 233 g/mol. The van der Waals surface area contributed by atoms with Gasteiger partial charge in [-0.15, -0.1) is 0 Å². The average molecular weight is 233 g/mol. The van der Waals surface area contributed by atoms with E-state index in [2.05, 4.69) is 42.2 Å². The Balaban J connectivity index is 2.02. The Kier molecular flexibility index (Phi) is 4.00. The molecule has 0 aliphatic heterocycles. The lowest BCUT2D eigenvalue weighted by Gasteiger charge is -2.24. The maximum absolute atomic E-state index is 4.24. The Morgan fingerprint density at radius 1 is 1.47 bits per heavy atom. The van der Waals surface area contributed by atoms with Gasteiger partial charge in [0.05, 0.1) is 0 Å². The molecule has 1 aromatic rings. The third-order valence-electron chi connectivity index (χ3n) is 3.09. The lowest BCUT2D eigenvalue weighted by atomic mass is 10.1. The highest BCUT2D eigenvalue weighted by Crippen LogP contribution is 2.22. The van der Waals surface area contributed by atoms with Crippen LogP contribution in [-0.4, -0.2) is 24.6 Å². The second-order valence-electron chi connectivity index (χ2n) is 5.43. The van der Waals surface area contributed by atoms with Crippen LogP contribution in [0.4, 0.5) is 5.69 Å². The van der Waals surface area contributed by atoms with Crippen LogP contribution in [0.3, 0.4) is 0 Å². The van der Waals surface area contributed by atoms with Crippen molar-refractivity contribution in [3.8, 4) is 0 Å². The average Bonchev–Trinajstić information content (AvgIpc) is 3.09. The van der Waals surface area contributed by atoms with Gasteiger partial charge in [0, 0.05) is 49.8 Å². The molecule has 0 saturated heterocycles. The summed E-state index contributed by atoms with van der Waals surface area (Å²) in [4.78, 5) is 6.57. The molecule has 0 aromatic carbocycles. The van der Waals surface area contributed by atoms with Crippen LogP contribution in [-0.2, 0) is 6.54 Å². The van der Waals surface area contributed by atoms with Gasteiger partial charge in [0.2, 0.25) is 0 Å². The van der Waals surface area contributed by atoms with Crippen LogP contribution in [0, 0.1) is 5.92 Å². The Labute approximate surface area is 104 Å². The summed E-state index contributed by atoms with van der Waals surface area (Å²) in [6, 6.07) is 2.87. The van der Waals surface area contributed by atoms with Crippen molar-refractivity contribution in [2.45, 2.75) is 39.3 Å². The van der Waals surface area contributed by atoms with Gasteiger partial charge < -0.3 is 10.2 Å². The topological polar surface area (TPSA) is 28.2 Å². The Morgan fingerprint density at radius 2 is 2.24 bits per heavy atom. The molecule has 0 radical (unpaired) electrons. The van der Waals surface area contributed by atoms with Crippen LogP contribution in [0.25, 0.3) is 0 Å². The van der Waals surface area contributed by atoms with Crippen molar-refractivity contribution in [1.82, 2.24) is 10.3 Å². The van der Waals surface area contributed by atoms with Crippen molar-refractivity contribution in [3.63, 3.8) is 0 Å². The molecular weight excluding hydrogens is 210 g/mol. The molecule has 3 heteroatoms. The molecule has 1 aromatic heterocycles. The highest BCUT2D eigenvalue weighted by molar-refractivity contribution is 5.51. The van der Waals surface area contributed by atoms with Gasteiger partial charge in [0.25, 0.3) is 0 Å². The summed E-state index contributed by atoms with van der Waals surface area (Å²) in [5.74, 6) is 0.678. The van der Waals surface area contributed by atoms with Gasteiger partial charge in [-0.3, -0.25) is 4.98 Å². The number of hydrogen-bond acceptors (Lipinski definition) is 3. The van der Waals surface area contributed by atoms with Crippen molar-refractivity contribution < 1.29 is 0 Å². The molecule has 2 rings (SSSR count). The largest absolute Gasteiger partial charge is 0.374 e. The van der Waals surface area contributed by atoms with E-state index in [0.717, 1.165) is 19.1 Å². The smallest absolute Gasteiger partial charge is 0.0440 e. The molecule has 94 valence electrons. The molecular formula is C14H23N3. The van der Waals surface area contributed by atoms with E-state index in [1.807, 2.05) is 12.4 Å². The minimum atomic E-state index is 0.678. The maximum Gasteiger partial charge on any atom is 0.0440 e. The van der Waals surface area contributed by atoms with Crippen molar-refractivity contribution in [2.75, 3.05) is 18.5 Å². The standard InChI is InChI=1S/C14H23N3/c1-11(2)10-17(3)14-6-7-15-8-12(14)9-16-13-4-5-13/h6-8,11,13,16H,4-5,9-10H2,1-3H3. The Morgan fingerprint density at radius 3 is 2.88 bits per heavy atom. The molecule has 1 saturated carbocycles. The number of pyridine rings is 1. The predicted octanol–water partition coefficient (Wildman–Crippen LogP) is 2.43. The van der Waals surface area contributed by atoms with Gasteiger partial charge in [-0.25, -0.2) is 0 Å². The quantitative estimate of drug-likeness (QED) is 0.818. The van der Waals surface area contributed by atoms with E-state index in [9.17, 15) is 0 Å². The van der Waals surface area contributed by atoms with Gasteiger partial charge in [-0.05, 0) is 24.8 Å². The maximum atomic E-state index is 4.24. The van der Waals surface area contributed by atoms with Crippen LogP contribution in [0.15, 0.2) is 18.5 Å². The molecule has 3 nitrogen and oxygen atoms in total. The van der Waals surface area contributed by atoms with Crippen LogP contribution < -0.4 is 10.2 Å². The van der Waals surface area contributed by atoms with Gasteiger partial charge in [0.1, 0.15) is 0 Å². The molecule has 0 bridgehead atoms. The summed E-state index contributed by atoms with van der Waals surface area (Å²) >= 11 is 0. The molecule has 1 aliphatic carbocycles. The molecule has 1 fully saturated rings. The first-order valence-corrected chi connectivity index (χ1v) is 6.54. The number of aromatic nitrogens is 1. The van der Waals surface area contributed by atoms with Gasteiger partial charge in [-0.1, -0.05) is 13.8 Å². The summed E-state index contributed by atoms with van der Waals surface area (Å²) in [7, 11) is 2.16. The normalized spacial score (nSPS) is 15.3. The lowest BCUT2D eigenvalue weighted by Crippen LogP contribution is -2.25. The van der Waals surface area contributed by atoms with Crippen LogP contribution in [0.1, 0.15) is 32.3 Å². The number of hydrogen-bond donors (Lipinski definition) is 1. The molecule has 0 spiro atoms. The molecule has 1 N–H and O–H groups in total. The minimum Gasteiger partial charge on any atom is -0.374 e. The number of nitrogens with zero attached hydrogens (tertiary/aromatic N) is 2. The second kappa shape index (κ2) is 5.50. The van der Waals surface area contributed by atoms with E-state index in [-0.39, 0.29) is 0 Å². The number of nitrogens with one attached hydrogen (secondary N) is 1. The van der Waals surface area contributed by atoms with E-state index in [1.54, 1.807) is 0 Å². The lowest BCUT2D eigenvalue weighted by molar-refractivity contribution is 0.632. The summed E-state index contributed by atoms with van der Waals surface area (Å²) < 4.78 is 0. The molecule has 1 aliphatic rings. The van der Waals surface area contributed by atoms with E-state index < -0.39 is 0 Å². The number of anilines is 1. The van der Waals surface area contributed by atoms with Gasteiger partial charge >= 0.3 is 0 Å². The minimum absolute atomic E-state index is 0.678. The predicted molar refractivity (Wildman–Crippen MR) is 72.2 cm³/mol. The highest BCUT2D eigenvalue weighted by atomic mass is 15.1. The first-order valence-electron chi connectivity index (χ1n) is 6.54. The van der Waals surface area contributed by atoms with Crippen LogP contribution in [0.5, 0.6) is 0 Å². The van der Waals surface area contributed by atoms with Gasteiger partial charge in [0.15, 0.2) is 0 Å². The fourth-order valence-corrected chi connectivity index (χ4v) is 2.12. The van der Waals surface area contributed by atoms with Crippen molar-refractivity contribution in [3.05, 3.63) is 24.0 Å². The zero-order valence-electron chi connectivity index (χ0n) is 11.1. The van der Waals surface area contributed by atoms with E-state index in [0.29, 0.717) is 5.92 Å². The molecule has 1 heterocycles. The van der Waals surface area contributed by atoms with E-state index in [1.165, 1.54) is 24.1 Å². The van der Waals surface area contributed by atoms with Crippen molar-refractivity contribution >= 4 is 5.69 Å². The molecule has 0 atom stereocenters. The zero-order chi connectivity index (χ0) is 12.3. The second-order valence-corrected chi connectivity index (χ2v) is 5.43. The first-order chi connectivity index (χ1) is 8.16. The fraction of sp³-hybridized carbons (Fsp3) is 0.643. The summed E-state index contributed by atoms with van der Waals surface area (Å²) in [5.41, 5.74) is 2.62. The third-order valence-corrected chi connectivity index (χ3v) is 3.09. The van der Waals surface area contributed by atoms with Crippen LogP contribution in [0.2, 0.25) is 0 Å². The van der Waals surface area contributed by atoms with Gasteiger partial charge in [-0.2, -0.15) is 0 Å². The Hall–Kier alpha value is -1.09. The third kappa shape index (κ3) is 3.70. The summed E-state index contributed by atoms with van der Waals surface area (Å²) in [6.07, 6.45) is 6.53. The van der Waals surface area contributed by atoms with Crippen molar-refractivity contribution in [1.29, 1.82) is 0 Å². The molecule has 0 unspecified atom stereocenters. The zero-order valence-corrected chi connectivity index (χ0v) is 11.1. The fourth-order valence-electron chi connectivity index (χ4n) is 2.12. The van der Waals surface area contributed by atoms with E-state index in [4.69, 9.17) is 0 Å². The molecule has 0 amide bonds. The van der Waals surface area contributed by atoms with Crippen molar-refractivity contribution in [2.24, 2.45) is 5.92 Å². The highest BCUT2D eigenvalue weighted by Gasteiger charge is 2.20. The molecule has 17 heavy (non-hydrogen) atoms. The van der Waals surface area contributed by atoms with E-state index >= 15 is 0 Å². The summed E-state index contributed by atoms with van der Waals surface area (Å²) in [5, 5.41) is 3.55. The van der Waals surface area contributed by atoms with Crippen LogP contribution >= 0.6 is 0 Å². The first kappa shape index (κ1) is 12.4.